The summed E-state index contributed by atoms with van der Waals surface area (Å²) in [4.78, 5) is 30.2. The maximum absolute atomic E-state index is 12.6. The van der Waals surface area contributed by atoms with Gasteiger partial charge in [0.1, 0.15) is 0 Å². The zero-order chi connectivity index (χ0) is 18.6. The first kappa shape index (κ1) is 19.3. The van der Waals surface area contributed by atoms with Gasteiger partial charge < -0.3 is 14.7 Å². The molecule has 0 N–H and O–H groups in total. The van der Waals surface area contributed by atoms with E-state index in [9.17, 15) is 9.59 Å². The minimum absolute atomic E-state index is 0.0314. The van der Waals surface area contributed by atoms with Crippen LogP contribution in [0.2, 0.25) is 0 Å². The molecular weight excluding hydrogens is 314 g/mol. The molecule has 1 heterocycles. The van der Waals surface area contributed by atoms with E-state index in [-0.39, 0.29) is 18.4 Å². The highest BCUT2D eigenvalue weighted by Gasteiger charge is 2.24. The summed E-state index contributed by atoms with van der Waals surface area (Å²) in [6.07, 6.45) is 0. The normalized spacial score (nSPS) is 14.8. The molecule has 25 heavy (non-hydrogen) atoms. The van der Waals surface area contributed by atoms with Crippen LogP contribution in [0.15, 0.2) is 18.2 Å². The third kappa shape index (κ3) is 4.97. The predicted molar refractivity (Wildman–Crippen MR) is 102 cm³/mol. The van der Waals surface area contributed by atoms with Gasteiger partial charge in [-0.3, -0.25) is 9.59 Å². The molecule has 1 aliphatic rings. The summed E-state index contributed by atoms with van der Waals surface area (Å²) in [5.41, 5.74) is 3.86. The molecule has 1 aromatic rings. The van der Waals surface area contributed by atoms with E-state index < -0.39 is 0 Å². The zero-order valence-corrected chi connectivity index (χ0v) is 16.2. The molecule has 0 aromatic heterocycles. The molecular formula is C20H31N3O2. The van der Waals surface area contributed by atoms with Crippen LogP contribution >= 0.6 is 0 Å². The van der Waals surface area contributed by atoms with Crippen molar-refractivity contribution in [2.75, 3.05) is 44.2 Å². The van der Waals surface area contributed by atoms with E-state index in [4.69, 9.17) is 0 Å². The molecule has 0 saturated carbocycles. The highest BCUT2D eigenvalue weighted by atomic mass is 16.2. The molecule has 5 nitrogen and oxygen atoms in total. The Morgan fingerprint density at radius 3 is 2.32 bits per heavy atom. The SMILES string of the molecule is CC(=O)N(CC(=O)N1CCN(c2cccc(C)c2C)CC1)CC(C)C. The van der Waals surface area contributed by atoms with Crippen LogP contribution in [0.3, 0.4) is 0 Å². The van der Waals surface area contributed by atoms with Crippen LogP contribution < -0.4 is 4.90 Å². The van der Waals surface area contributed by atoms with Gasteiger partial charge in [-0.15, -0.1) is 0 Å². The second-order valence-corrected chi connectivity index (χ2v) is 7.38. The van der Waals surface area contributed by atoms with Gasteiger partial charge in [0.25, 0.3) is 0 Å². The van der Waals surface area contributed by atoms with E-state index in [1.165, 1.54) is 23.7 Å². The lowest BCUT2D eigenvalue weighted by molar-refractivity contribution is -0.140. The second kappa shape index (κ2) is 8.37. The first-order valence-corrected chi connectivity index (χ1v) is 9.14. The zero-order valence-electron chi connectivity index (χ0n) is 16.2. The van der Waals surface area contributed by atoms with Crippen LogP contribution in [0.4, 0.5) is 5.69 Å². The monoisotopic (exact) mass is 345 g/mol. The molecule has 0 spiro atoms. The Morgan fingerprint density at radius 1 is 1.12 bits per heavy atom. The van der Waals surface area contributed by atoms with E-state index in [2.05, 4.69) is 50.8 Å². The number of hydrogen-bond donors (Lipinski definition) is 0. The Hall–Kier alpha value is -2.04. The fourth-order valence-electron chi connectivity index (χ4n) is 3.28. The number of aryl methyl sites for hydroxylation is 1. The lowest BCUT2D eigenvalue weighted by Gasteiger charge is -2.38. The minimum atomic E-state index is -0.0314. The molecule has 1 aromatic carbocycles. The number of carbonyl (C=O) groups excluding carboxylic acids is 2. The van der Waals surface area contributed by atoms with Crippen molar-refractivity contribution in [3.8, 4) is 0 Å². The maximum Gasteiger partial charge on any atom is 0.242 e. The molecule has 1 aliphatic heterocycles. The number of benzene rings is 1. The van der Waals surface area contributed by atoms with Gasteiger partial charge in [0.2, 0.25) is 11.8 Å². The molecule has 0 aliphatic carbocycles. The largest absolute Gasteiger partial charge is 0.368 e. The number of hydrogen-bond acceptors (Lipinski definition) is 3. The second-order valence-electron chi connectivity index (χ2n) is 7.38. The van der Waals surface area contributed by atoms with Gasteiger partial charge in [-0.05, 0) is 37.0 Å². The fraction of sp³-hybridized carbons (Fsp3) is 0.600. The molecule has 0 unspecified atom stereocenters. The average molecular weight is 345 g/mol. The van der Waals surface area contributed by atoms with Gasteiger partial charge >= 0.3 is 0 Å². The van der Waals surface area contributed by atoms with Crippen molar-refractivity contribution in [2.24, 2.45) is 5.92 Å². The van der Waals surface area contributed by atoms with Crippen molar-refractivity contribution < 1.29 is 9.59 Å². The first-order valence-electron chi connectivity index (χ1n) is 9.14. The Kier molecular flexibility index (Phi) is 6.45. The Balaban J connectivity index is 1.93. The van der Waals surface area contributed by atoms with Gasteiger partial charge in [-0.1, -0.05) is 26.0 Å². The van der Waals surface area contributed by atoms with Gasteiger partial charge in [0.05, 0.1) is 6.54 Å². The smallest absolute Gasteiger partial charge is 0.242 e. The van der Waals surface area contributed by atoms with Crippen molar-refractivity contribution in [2.45, 2.75) is 34.6 Å². The van der Waals surface area contributed by atoms with Crippen molar-refractivity contribution in [3.63, 3.8) is 0 Å². The van der Waals surface area contributed by atoms with E-state index in [1.54, 1.807) is 4.90 Å². The van der Waals surface area contributed by atoms with Crippen LogP contribution in [-0.4, -0.2) is 60.9 Å². The lowest BCUT2D eigenvalue weighted by atomic mass is 10.1. The quantitative estimate of drug-likeness (QED) is 0.823. The van der Waals surface area contributed by atoms with Gasteiger partial charge in [-0.2, -0.15) is 0 Å². The number of piperazine rings is 1. The summed E-state index contributed by atoms with van der Waals surface area (Å²) in [5, 5.41) is 0. The van der Waals surface area contributed by atoms with Crippen molar-refractivity contribution >= 4 is 17.5 Å². The number of carbonyl (C=O) groups is 2. The molecule has 138 valence electrons. The van der Waals surface area contributed by atoms with Crippen LogP contribution in [0.1, 0.15) is 31.9 Å². The highest BCUT2D eigenvalue weighted by molar-refractivity contribution is 5.84. The summed E-state index contributed by atoms with van der Waals surface area (Å²) in [6.45, 7) is 13.8. The van der Waals surface area contributed by atoms with Crippen molar-refractivity contribution in [1.82, 2.24) is 9.80 Å². The van der Waals surface area contributed by atoms with E-state index in [1.807, 2.05) is 4.90 Å². The third-order valence-corrected chi connectivity index (χ3v) is 4.91. The summed E-state index contributed by atoms with van der Waals surface area (Å²) in [7, 11) is 0. The van der Waals surface area contributed by atoms with Gasteiger partial charge in [0.15, 0.2) is 0 Å². The molecule has 2 rings (SSSR count). The Labute approximate surface area is 151 Å². The van der Waals surface area contributed by atoms with Crippen LogP contribution in [-0.2, 0) is 9.59 Å². The number of nitrogens with zero attached hydrogens (tertiary/aromatic N) is 3. The van der Waals surface area contributed by atoms with Crippen molar-refractivity contribution in [3.05, 3.63) is 29.3 Å². The molecule has 1 saturated heterocycles. The first-order chi connectivity index (χ1) is 11.8. The molecule has 0 bridgehead atoms. The standard InChI is InChI=1S/C20H31N3O2/c1-15(2)13-23(18(5)24)14-20(25)22-11-9-21(10-12-22)19-8-6-7-16(3)17(19)4/h6-8,15H,9-14H2,1-5H3. The minimum Gasteiger partial charge on any atom is -0.368 e. The number of rotatable bonds is 5. The van der Waals surface area contributed by atoms with E-state index in [0.717, 1.165) is 13.1 Å². The topological polar surface area (TPSA) is 43.9 Å². The summed E-state index contributed by atoms with van der Waals surface area (Å²) in [6, 6.07) is 6.37. The summed E-state index contributed by atoms with van der Waals surface area (Å²) in [5.74, 6) is 0.380. The molecule has 5 heteroatoms. The summed E-state index contributed by atoms with van der Waals surface area (Å²) >= 11 is 0. The molecule has 2 amide bonds. The average Bonchev–Trinajstić information content (AvgIpc) is 2.56. The van der Waals surface area contributed by atoms with Gasteiger partial charge in [-0.25, -0.2) is 0 Å². The molecule has 0 atom stereocenters. The van der Waals surface area contributed by atoms with E-state index in [0.29, 0.717) is 25.6 Å². The predicted octanol–water partition coefficient (Wildman–Crippen LogP) is 2.46. The van der Waals surface area contributed by atoms with Crippen LogP contribution in [0, 0.1) is 19.8 Å². The van der Waals surface area contributed by atoms with E-state index >= 15 is 0 Å². The third-order valence-electron chi connectivity index (χ3n) is 4.91. The molecule has 0 radical (unpaired) electrons. The highest BCUT2D eigenvalue weighted by Crippen LogP contribution is 2.23. The fourth-order valence-corrected chi connectivity index (χ4v) is 3.28. The molecule has 1 fully saturated rings. The number of amides is 2. The van der Waals surface area contributed by atoms with Crippen LogP contribution in [0.25, 0.3) is 0 Å². The Bertz CT molecular complexity index is 619. The number of anilines is 1. The van der Waals surface area contributed by atoms with Crippen molar-refractivity contribution in [1.29, 1.82) is 0 Å². The Morgan fingerprint density at radius 2 is 1.76 bits per heavy atom. The van der Waals surface area contributed by atoms with Crippen LogP contribution in [0.5, 0.6) is 0 Å². The summed E-state index contributed by atoms with van der Waals surface area (Å²) < 4.78 is 0. The van der Waals surface area contributed by atoms with Gasteiger partial charge in [0, 0.05) is 45.3 Å². The lowest BCUT2D eigenvalue weighted by Crippen LogP contribution is -2.52. The maximum atomic E-state index is 12.6.